The van der Waals surface area contributed by atoms with Crippen molar-refractivity contribution in [3.8, 4) is 0 Å². The highest BCUT2D eigenvalue weighted by atomic mass is 19.4. The Kier molecular flexibility index (Phi) is 7.89. The van der Waals surface area contributed by atoms with Crippen LogP contribution < -0.4 is 0 Å². The number of aliphatic imine (C=N–C) groups is 1. The third kappa shape index (κ3) is 6.17. The van der Waals surface area contributed by atoms with Crippen LogP contribution in [0.1, 0.15) is 43.2 Å². The van der Waals surface area contributed by atoms with Gasteiger partial charge >= 0.3 is 6.18 Å². The van der Waals surface area contributed by atoms with Crippen LogP contribution in [-0.2, 0) is 11.0 Å². The van der Waals surface area contributed by atoms with Gasteiger partial charge in [-0.1, -0.05) is 25.1 Å². The van der Waals surface area contributed by atoms with Gasteiger partial charge in [-0.15, -0.1) is 0 Å². The molecule has 0 saturated carbocycles. The highest BCUT2D eigenvalue weighted by molar-refractivity contribution is 6.14. The maximum Gasteiger partial charge on any atom is 0.416 e. The van der Waals surface area contributed by atoms with Gasteiger partial charge in [0.25, 0.3) is 0 Å². The summed E-state index contributed by atoms with van der Waals surface area (Å²) in [6, 6.07) is 5.25. The normalized spacial score (nSPS) is 21.9. The zero-order valence-electron chi connectivity index (χ0n) is 17.9. The van der Waals surface area contributed by atoms with Crippen LogP contribution in [-0.4, -0.2) is 72.7 Å². The minimum absolute atomic E-state index is 0.000422. The summed E-state index contributed by atoms with van der Waals surface area (Å²) in [4.78, 5) is 21.6. The Morgan fingerprint density at radius 3 is 2.35 bits per heavy atom. The molecule has 5 nitrogen and oxygen atoms in total. The molecule has 8 heteroatoms. The van der Waals surface area contributed by atoms with Gasteiger partial charge in [0.15, 0.2) is 5.78 Å². The number of hydrogen-bond donors (Lipinski definition) is 1. The lowest BCUT2D eigenvalue weighted by atomic mass is 9.81. The number of rotatable bonds is 7. The molecule has 1 unspecified atom stereocenters. The van der Waals surface area contributed by atoms with Crippen LogP contribution in [0.15, 0.2) is 40.6 Å². The molecule has 1 saturated heterocycles. The molecule has 0 aromatic heterocycles. The third-order valence-electron chi connectivity index (χ3n) is 5.96. The Balaban J connectivity index is 1.57. The van der Waals surface area contributed by atoms with Crippen LogP contribution in [0, 0.1) is 0 Å². The van der Waals surface area contributed by atoms with Gasteiger partial charge in [0.2, 0.25) is 0 Å². The fourth-order valence-corrected chi connectivity index (χ4v) is 4.30. The summed E-state index contributed by atoms with van der Waals surface area (Å²) in [5, 5.41) is 10.4. The summed E-state index contributed by atoms with van der Waals surface area (Å²) in [5.41, 5.74) is -0.585. The highest BCUT2D eigenvalue weighted by Crippen LogP contribution is 2.40. The van der Waals surface area contributed by atoms with Crippen molar-refractivity contribution in [3.05, 3.63) is 46.7 Å². The van der Waals surface area contributed by atoms with Gasteiger partial charge in [-0.3, -0.25) is 14.7 Å². The topological polar surface area (TPSA) is 56.1 Å². The zero-order valence-corrected chi connectivity index (χ0v) is 17.9. The fourth-order valence-electron chi connectivity index (χ4n) is 4.30. The molecule has 3 rings (SSSR count). The van der Waals surface area contributed by atoms with Gasteiger partial charge < -0.3 is 10.0 Å². The van der Waals surface area contributed by atoms with Gasteiger partial charge in [0, 0.05) is 51.8 Å². The maximum atomic E-state index is 13.3. The quantitative estimate of drug-likeness (QED) is 0.654. The SMILES string of the molecule is CCCN1CCN(CCN=CC2=C(O)CC(c3ccccc3C(F)(F)F)CC2=O)CC1. The van der Waals surface area contributed by atoms with E-state index in [4.69, 9.17) is 0 Å². The number of carbonyl (C=O) groups excluding carboxylic acids is 1. The first kappa shape index (κ1) is 23.5. The van der Waals surface area contributed by atoms with E-state index in [1.807, 2.05) is 0 Å². The van der Waals surface area contributed by atoms with Gasteiger partial charge in [-0.25, -0.2) is 0 Å². The van der Waals surface area contributed by atoms with Crippen molar-refractivity contribution >= 4 is 12.0 Å². The first-order chi connectivity index (χ1) is 14.8. The smallest absolute Gasteiger partial charge is 0.416 e. The summed E-state index contributed by atoms with van der Waals surface area (Å²) in [6.07, 6.45) is -2.03. The van der Waals surface area contributed by atoms with E-state index in [-0.39, 0.29) is 35.5 Å². The lowest BCUT2D eigenvalue weighted by Crippen LogP contribution is -2.47. The lowest BCUT2D eigenvalue weighted by molar-refractivity contribution is -0.138. The minimum atomic E-state index is -4.50. The Bertz CT molecular complexity index is 828. The van der Waals surface area contributed by atoms with Crippen LogP contribution in [0.4, 0.5) is 13.2 Å². The number of alkyl halides is 3. The summed E-state index contributed by atoms with van der Waals surface area (Å²) in [5.74, 6) is -1.25. The Hall–Kier alpha value is -2.19. The van der Waals surface area contributed by atoms with Crippen molar-refractivity contribution in [2.45, 2.75) is 38.3 Å². The number of benzene rings is 1. The Morgan fingerprint density at radius 2 is 1.74 bits per heavy atom. The molecule has 1 heterocycles. The van der Waals surface area contributed by atoms with Crippen LogP contribution in [0.5, 0.6) is 0 Å². The van der Waals surface area contributed by atoms with E-state index in [9.17, 15) is 23.1 Å². The van der Waals surface area contributed by atoms with Crippen molar-refractivity contribution in [3.63, 3.8) is 0 Å². The molecule has 1 aromatic carbocycles. The second-order valence-electron chi connectivity index (χ2n) is 8.19. The molecule has 0 spiro atoms. The second-order valence-corrected chi connectivity index (χ2v) is 8.19. The molecule has 31 heavy (non-hydrogen) atoms. The van der Waals surface area contributed by atoms with Gasteiger partial charge in [-0.05, 0) is 30.5 Å². The largest absolute Gasteiger partial charge is 0.511 e. The molecule has 1 aliphatic heterocycles. The summed E-state index contributed by atoms with van der Waals surface area (Å²) in [7, 11) is 0. The van der Waals surface area contributed by atoms with E-state index < -0.39 is 17.7 Å². The van der Waals surface area contributed by atoms with E-state index in [2.05, 4.69) is 21.7 Å². The Labute approximate surface area is 181 Å². The zero-order chi connectivity index (χ0) is 22.4. The van der Waals surface area contributed by atoms with Gasteiger partial charge in [0.05, 0.1) is 17.7 Å². The number of allylic oxidation sites excluding steroid dienone is 2. The Morgan fingerprint density at radius 1 is 1.10 bits per heavy atom. The third-order valence-corrected chi connectivity index (χ3v) is 5.96. The van der Waals surface area contributed by atoms with E-state index in [0.717, 1.165) is 51.8 Å². The predicted octanol–water partition coefficient (Wildman–Crippen LogP) is 4.06. The predicted molar refractivity (Wildman–Crippen MR) is 115 cm³/mol. The van der Waals surface area contributed by atoms with E-state index in [1.54, 1.807) is 0 Å². The standard InChI is InChI=1S/C23H30F3N3O2/c1-2-8-28-10-12-29(13-11-28)9-7-27-16-19-21(30)14-17(15-22(19)31)18-5-3-4-6-20(18)23(24,25)26/h3-6,16-17,30H,2,7-15H2,1H3. The molecule has 1 atom stereocenters. The molecule has 1 aliphatic carbocycles. The number of nitrogens with zero attached hydrogens (tertiary/aromatic N) is 3. The van der Waals surface area contributed by atoms with Gasteiger partial charge in [-0.2, -0.15) is 13.2 Å². The fraction of sp³-hybridized carbons (Fsp3) is 0.565. The molecule has 0 radical (unpaired) electrons. The van der Waals surface area contributed by atoms with Crippen LogP contribution in [0.25, 0.3) is 0 Å². The summed E-state index contributed by atoms with van der Waals surface area (Å²) >= 11 is 0. The molecule has 1 N–H and O–H groups in total. The van der Waals surface area contributed by atoms with Crippen LogP contribution in [0.3, 0.4) is 0 Å². The summed E-state index contributed by atoms with van der Waals surface area (Å²) < 4.78 is 39.9. The molecule has 170 valence electrons. The lowest BCUT2D eigenvalue weighted by Gasteiger charge is -2.34. The van der Waals surface area contributed by atoms with Crippen molar-refractivity contribution in [2.24, 2.45) is 4.99 Å². The number of ketones is 1. The number of Topliss-reactive ketones (excluding diaryl/α,β-unsaturated/α-hetero) is 1. The first-order valence-electron chi connectivity index (χ1n) is 10.9. The van der Waals surface area contributed by atoms with Crippen LogP contribution >= 0.6 is 0 Å². The molecular formula is C23H30F3N3O2. The number of halogens is 3. The maximum absolute atomic E-state index is 13.3. The molecule has 2 aliphatic rings. The van der Waals surface area contributed by atoms with Crippen molar-refractivity contribution in [1.29, 1.82) is 0 Å². The van der Waals surface area contributed by atoms with Crippen molar-refractivity contribution < 1.29 is 23.1 Å². The number of aliphatic hydroxyl groups excluding tert-OH is 1. The average Bonchev–Trinajstić information content (AvgIpc) is 2.73. The molecule has 0 amide bonds. The average molecular weight is 438 g/mol. The monoisotopic (exact) mass is 437 g/mol. The molecule has 0 bridgehead atoms. The van der Waals surface area contributed by atoms with E-state index in [0.29, 0.717) is 6.54 Å². The number of carbonyl (C=O) groups is 1. The minimum Gasteiger partial charge on any atom is -0.511 e. The van der Waals surface area contributed by atoms with E-state index >= 15 is 0 Å². The van der Waals surface area contributed by atoms with Crippen molar-refractivity contribution in [1.82, 2.24) is 9.80 Å². The van der Waals surface area contributed by atoms with Crippen molar-refractivity contribution in [2.75, 3.05) is 45.8 Å². The molecule has 1 fully saturated rings. The summed E-state index contributed by atoms with van der Waals surface area (Å²) in [6.45, 7) is 8.65. The number of piperazine rings is 1. The number of hydrogen-bond acceptors (Lipinski definition) is 5. The van der Waals surface area contributed by atoms with Gasteiger partial charge in [0.1, 0.15) is 5.76 Å². The molecule has 1 aromatic rings. The number of aliphatic hydroxyl groups is 1. The van der Waals surface area contributed by atoms with Crippen LogP contribution in [0.2, 0.25) is 0 Å². The van der Waals surface area contributed by atoms with E-state index in [1.165, 1.54) is 24.4 Å². The highest BCUT2D eigenvalue weighted by Gasteiger charge is 2.37. The molecular weight excluding hydrogens is 407 g/mol. The second kappa shape index (κ2) is 10.4. The first-order valence-corrected chi connectivity index (χ1v) is 10.9.